The standard InChI is InChI=1S/C16H15NO2/c1-2-18-16(12-17)13-7-6-10-15(11-13)19-14-8-4-3-5-9-14/h3-11,16H,2H2,1H3. The number of rotatable bonds is 5. The van der Waals surface area contributed by atoms with Crippen LogP contribution in [0.2, 0.25) is 0 Å². The van der Waals surface area contributed by atoms with Crippen molar-refractivity contribution in [1.29, 1.82) is 5.26 Å². The molecule has 1 unspecified atom stereocenters. The Morgan fingerprint density at radius 1 is 1.05 bits per heavy atom. The summed E-state index contributed by atoms with van der Waals surface area (Å²) in [6.07, 6.45) is -0.552. The second-order valence-electron chi connectivity index (χ2n) is 3.95. The van der Waals surface area contributed by atoms with Crippen molar-refractivity contribution < 1.29 is 9.47 Å². The van der Waals surface area contributed by atoms with Crippen molar-refractivity contribution in [3.63, 3.8) is 0 Å². The predicted molar refractivity (Wildman–Crippen MR) is 72.9 cm³/mol. The minimum absolute atomic E-state index is 0.502. The maximum atomic E-state index is 9.08. The minimum atomic E-state index is -0.552. The first-order valence-corrected chi connectivity index (χ1v) is 6.17. The molecule has 0 amide bonds. The molecule has 0 N–H and O–H groups in total. The van der Waals surface area contributed by atoms with Crippen LogP contribution in [0.1, 0.15) is 18.6 Å². The maximum Gasteiger partial charge on any atom is 0.169 e. The van der Waals surface area contributed by atoms with Gasteiger partial charge >= 0.3 is 0 Å². The molecule has 2 rings (SSSR count). The number of ether oxygens (including phenoxy) is 2. The molecule has 0 heterocycles. The van der Waals surface area contributed by atoms with Gasteiger partial charge in [-0.1, -0.05) is 30.3 Å². The van der Waals surface area contributed by atoms with E-state index in [0.717, 1.165) is 11.3 Å². The van der Waals surface area contributed by atoms with Crippen LogP contribution in [-0.4, -0.2) is 6.61 Å². The second kappa shape index (κ2) is 6.58. The third-order valence-corrected chi connectivity index (χ3v) is 2.59. The third kappa shape index (κ3) is 3.57. The summed E-state index contributed by atoms with van der Waals surface area (Å²) in [5, 5.41) is 9.08. The lowest BCUT2D eigenvalue weighted by Gasteiger charge is -2.11. The van der Waals surface area contributed by atoms with Crippen molar-refractivity contribution in [2.45, 2.75) is 13.0 Å². The highest BCUT2D eigenvalue weighted by molar-refractivity contribution is 5.35. The molecule has 0 fully saturated rings. The second-order valence-corrected chi connectivity index (χ2v) is 3.95. The van der Waals surface area contributed by atoms with E-state index in [2.05, 4.69) is 6.07 Å². The fourth-order valence-corrected chi connectivity index (χ4v) is 1.74. The summed E-state index contributed by atoms with van der Waals surface area (Å²) in [5.41, 5.74) is 0.804. The molecular formula is C16H15NO2. The summed E-state index contributed by atoms with van der Waals surface area (Å²) in [7, 11) is 0. The smallest absolute Gasteiger partial charge is 0.169 e. The SMILES string of the molecule is CCOC(C#N)c1cccc(Oc2ccccc2)c1. The van der Waals surface area contributed by atoms with E-state index in [1.165, 1.54) is 0 Å². The first-order chi connectivity index (χ1) is 9.33. The number of para-hydroxylation sites is 1. The molecule has 2 aromatic carbocycles. The van der Waals surface area contributed by atoms with Crippen LogP contribution < -0.4 is 4.74 Å². The Kier molecular flexibility index (Phi) is 4.54. The Balaban J connectivity index is 2.18. The molecular weight excluding hydrogens is 238 g/mol. The molecule has 2 aromatic rings. The summed E-state index contributed by atoms with van der Waals surface area (Å²) < 4.78 is 11.1. The molecule has 0 aliphatic carbocycles. The molecule has 1 atom stereocenters. The van der Waals surface area contributed by atoms with Crippen LogP contribution in [0, 0.1) is 11.3 Å². The average molecular weight is 253 g/mol. The van der Waals surface area contributed by atoms with Gasteiger partial charge in [0.2, 0.25) is 0 Å². The maximum absolute atomic E-state index is 9.08. The predicted octanol–water partition coefficient (Wildman–Crippen LogP) is 4.08. The number of hydrogen-bond acceptors (Lipinski definition) is 3. The van der Waals surface area contributed by atoms with Gasteiger partial charge in [0.25, 0.3) is 0 Å². The van der Waals surface area contributed by atoms with Crippen LogP contribution in [0.15, 0.2) is 54.6 Å². The number of nitriles is 1. The van der Waals surface area contributed by atoms with Gasteiger partial charge in [-0.2, -0.15) is 5.26 Å². The number of hydrogen-bond donors (Lipinski definition) is 0. The lowest BCUT2D eigenvalue weighted by atomic mass is 10.1. The minimum Gasteiger partial charge on any atom is -0.457 e. The van der Waals surface area contributed by atoms with Crippen molar-refractivity contribution in [1.82, 2.24) is 0 Å². The van der Waals surface area contributed by atoms with Gasteiger partial charge in [0, 0.05) is 6.61 Å². The highest BCUT2D eigenvalue weighted by atomic mass is 16.5. The van der Waals surface area contributed by atoms with Crippen LogP contribution in [0.25, 0.3) is 0 Å². The average Bonchev–Trinajstić information content (AvgIpc) is 2.46. The summed E-state index contributed by atoms with van der Waals surface area (Å²) in [6, 6.07) is 19.1. The van der Waals surface area contributed by atoms with Crippen LogP contribution in [0.5, 0.6) is 11.5 Å². The molecule has 0 aliphatic heterocycles. The quantitative estimate of drug-likeness (QED) is 0.806. The van der Waals surface area contributed by atoms with Crippen molar-refractivity contribution in [2.75, 3.05) is 6.61 Å². The molecule has 19 heavy (non-hydrogen) atoms. The summed E-state index contributed by atoms with van der Waals surface area (Å²) in [6.45, 7) is 2.37. The first kappa shape index (κ1) is 13.1. The Hall–Kier alpha value is -2.31. The van der Waals surface area contributed by atoms with Gasteiger partial charge in [-0.25, -0.2) is 0 Å². The molecule has 96 valence electrons. The lowest BCUT2D eigenvalue weighted by molar-refractivity contribution is 0.102. The molecule has 0 bridgehead atoms. The van der Waals surface area contributed by atoms with E-state index in [1.54, 1.807) is 0 Å². The highest BCUT2D eigenvalue weighted by Gasteiger charge is 2.10. The summed E-state index contributed by atoms with van der Waals surface area (Å²) in [4.78, 5) is 0. The van der Waals surface area contributed by atoms with Crippen molar-refractivity contribution in [3.8, 4) is 17.6 Å². The van der Waals surface area contributed by atoms with Crippen molar-refractivity contribution in [3.05, 3.63) is 60.2 Å². The largest absolute Gasteiger partial charge is 0.457 e. The van der Waals surface area contributed by atoms with E-state index in [0.29, 0.717) is 12.4 Å². The molecule has 0 radical (unpaired) electrons. The third-order valence-electron chi connectivity index (χ3n) is 2.59. The topological polar surface area (TPSA) is 42.2 Å². The number of benzene rings is 2. The summed E-state index contributed by atoms with van der Waals surface area (Å²) >= 11 is 0. The Morgan fingerprint density at radius 3 is 2.47 bits per heavy atom. The fraction of sp³-hybridized carbons (Fsp3) is 0.188. The van der Waals surface area contributed by atoms with E-state index in [1.807, 2.05) is 61.5 Å². The van der Waals surface area contributed by atoms with Gasteiger partial charge in [-0.15, -0.1) is 0 Å². The number of nitrogens with zero attached hydrogens (tertiary/aromatic N) is 1. The van der Waals surface area contributed by atoms with Gasteiger partial charge in [-0.3, -0.25) is 0 Å². The zero-order valence-electron chi connectivity index (χ0n) is 10.7. The van der Waals surface area contributed by atoms with E-state index >= 15 is 0 Å². The molecule has 0 aliphatic rings. The Labute approximate surface area is 113 Å². The van der Waals surface area contributed by atoms with Crippen LogP contribution in [0.3, 0.4) is 0 Å². The molecule has 0 saturated carbocycles. The molecule has 3 heteroatoms. The van der Waals surface area contributed by atoms with Gasteiger partial charge in [0.05, 0.1) is 6.07 Å². The van der Waals surface area contributed by atoms with E-state index in [4.69, 9.17) is 14.7 Å². The molecule has 0 aromatic heterocycles. The summed E-state index contributed by atoms with van der Waals surface area (Å²) in [5.74, 6) is 1.47. The van der Waals surface area contributed by atoms with Gasteiger partial charge in [0.1, 0.15) is 11.5 Å². The van der Waals surface area contributed by atoms with Gasteiger partial charge < -0.3 is 9.47 Å². The van der Waals surface area contributed by atoms with E-state index in [-0.39, 0.29) is 0 Å². The zero-order valence-corrected chi connectivity index (χ0v) is 10.7. The van der Waals surface area contributed by atoms with Crippen LogP contribution >= 0.6 is 0 Å². The monoisotopic (exact) mass is 253 g/mol. The van der Waals surface area contributed by atoms with Crippen molar-refractivity contribution in [2.24, 2.45) is 0 Å². The van der Waals surface area contributed by atoms with Crippen LogP contribution in [0.4, 0.5) is 0 Å². The van der Waals surface area contributed by atoms with Crippen LogP contribution in [-0.2, 0) is 4.74 Å². The van der Waals surface area contributed by atoms with E-state index in [9.17, 15) is 0 Å². The highest BCUT2D eigenvalue weighted by Crippen LogP contribution is 2.25. The van der Waals surface area contributed by atoms with E-state index < -0.39 is 6.10 Å². The molecule has 0 spiro atoms. The molecule has 3 nitrogen and oxygen atoms in total. The Bertz CT molecular complexity index is 560. The van der Waals surface area contributed by atoms with Gasteiger partial charge in [0.15, 0.2) is 6.10 Å². The molecule has 0 saturated heterocycles. The zero-order chi connectivity index (χ0) is 13.5. The fourth-order valence-electron chi connectivity index (χ4n) is 1.74. The van der Waals surface area contributed by atoms with Crippen molar-refractivity contribution >= 4 is 0 Å². The van der Waals surface area contributed by atoms with Gasteiger partial charge in [-0.05, 0) is 36.8 Å². The first-order valence-electron chi connectivity index (χ1n) is 6.17. The lowest BCUT2D eigenvalue weighted by Crippen LogP contribution is -2.01. The Morgan fingerprint density at radius 2 is 1.79 bits per heavy atom. The normalized spacial score (nSPS) is 11.6.